The van der Waals surface area contributed by atoms with Crippen LogP contribution in [0.25, 0.3) is 0 Å². The van der Waals surface area contributed by atoms with Crippen molar-refractivity contribution in [1.29, 1.82) is 0 Å². The number of nitrogens with one attached hydrogen (secondary N) is 1. The van der Waals surface area contributed by atoms with Crippen molar-refractivity contribution < 1.29 is 22.5 Å². The summed E-state index contributed by atoms with van der Waals surface area (Å²) in [5.74, 6) is 1.45. The third kappa shape index (κ3) is 6.04. The molecule has 2 heterocycles. The summed E-state index contributed by atoms with van der Waals surface area (Å²) in [6, 6.07) is 7.20. The van der Waals surface area contributed by atoms with Crippen molar-refractivity contribution in [1.82, 2.24) is 14.8 Å². The molecule has 2 aromatic rings. The summed E-state index contributed by atoms with van der Waals surface area (Å²) < 4.78 is 36.4. The number of carbonyl (C=O) groups excluding carboxylic acids is 1. The molecule has 1 aromatic carbocycles. The maximum absolute atomic E-state index is 12.6. The zero-order valence-corrected chi connectivity index (χ0v) is 17.8. The number of piperidine rings is 1. The highest BCUT2D eigenvalue weighted by atomic mass is 32.2. The molecule has 1 aliphatic rings. The lowest BCUT2D eigenvalue weighted by atomic mass is 10.0. The first-order chi connectivity index (χ1) is 13.7. The monoisotopic (exact) mass is 421 g/mol. The minimum atomic E-state index is -3.28. The lowest BCUT2D eigenvalue weighted by Crippen LogP contribution is -2.49. The molecular weight excluding hydrogens is 394 g/mol. The van der Waals surface area contributed by atoms with Crippen LogP contribution in [0.3, 0.4) is 0 Å². The van der Waals surface area contributed by atoms with Gasteiger partial charge in [0.2, 0.25) is 15.9 Å². The van der Waals surface area contributed by atoms with Gasteiger partial charge < -0.3 is 14.2 Å². The predicted molar refractivity (Wildman–Crippen MR) is 108 cm³/mol. The highest BCUT2D eigenvalue weighted by molar-refractivity contribution is 7.88. The van der Waals surface area contributed by atoms with Crippen LogP contribution in [0.4, 0.5) is 0 Å². The van der Waals surface area contributed by atoms with Crippen LogP contribution in [0.15, 0.2) is 28.8 Å². The fraction of sp³-hybridized carbons (Fsp3) is 0.500. The number of ether oxygens (including phenoxy) is 1. The van der Waals surface area contributed by atoms with Crippen molar-refractivity contribution in [3.05, 3.63) is 46.8 Å². The summed E-state index contributed by atoms with van der Waals surface area (Å²) >= 11 is 0. The molecule has 0 radical (unpaired) electrons. The number of amides is 1. The van der Waals surface area contributed by atoms with Gasteiger partial charge in [-0.25, -0.2) is 13.1 Å². The number of likely N-dealkylation sites (tertiary alicyclic amines) is 1. The maximum Gasteiger partial charge on any atom is 0.227 e. The van der Waals surface area contributed by atoms with Crippen molar-refractivity contribution in [2.45, 2.75) is 45.8 Å². The van der Waals surface area contributed by atoms with Crippen LogP contribution in [0.2, 0.25) is 0 Å². The zero-order chi connectivity index (χ0) is 21.0. The third-order valence-corrected chi connectivity index (χ3v) is 5.76. The van der Waals surface area contributed by atoms with Gasteiger partial charge in [-0.2, -0.15) is 0 Å². The quantitative estimate of drug-likeness (QED) is 0.733. The van der Waals surface area contributed by atoms with Crippen molar-refractivity contribution in [2.75, 3.05) is 19.3 Å². The van der Waals surface area contributed by atoms with Gasteiger partial charge in [0.15, 0.2) is 0 Å². The molecule has 1 N–H and O–H groups in total. The molecule has 0 saturated carbocycles. The minimum Gasteiger partial charge on any atom is -0.489 e. The van der Waals surface area contributed by atoms with Gasteiger partial charge in [0.25, 0.3) is 0 Å². The van der Waals surface area contributed by atoms with E-state index in [0.717, 1.165) is 41.7 Å². The molecule has 1 unspecified atom stereocenters. The minimum absolute atomic E-state index is 0.00519. The van der Waals surface area contributed by atoms with E-state index in [9.17, 15) is 13.2 Å². The second kappa shape index (κ2) is 8.96. The number of hydrogen-bond acceptors (Lipinski definition) is 6. The average molecular weight is 422 g/mol. The molecule has 1 aromatic heterocycles. The molecule has 29 heavy (non-hydrogen) atoms. The van der Waals surface area contributed by atoms with E-state index in [0.29, 0.717) is 25.4 Å². The van der Waals surface area contributed by atoms with Crippen LogP contribution < -0.4 is 9.46 Å². The molecule has 1 fully saturated rings. The van der Waals surface area contributed by atoms with Crippen LogP contribution in [0.1, 0.15) is 35.4 Å². The van der Waals surface area contributed by atoms with Crippen LogP contribution in [0.5, 0.6) is 5.75 Å². The number of aromatic nitrogens is 1. The number of sulfonamides is 1. The standard InChI is InChI=1S/C20H27N3O5S/c1-14-19(15(2)28-21-14)13-27-18-8-6-16(7-9-18)11-20(24)23-10-4-5-17(12-23)22-29(3,25)26/h6-9,17,22H,4-5,10-13H2,1-3H3. The van der Waals surface area contributed by atoms with Gasteiger partial charge in [-0.1, -0.05) is 17.3 Å². The summed E-state index contributed by atoms with van der Waals surface area (Å²) in [6.45, 7) is 5.16. The maximum atomic E-state index is 12.6. The van der Waals surface area contributed by atoms with E-state index in [-0.39, 0.29) is 18.4 Å². The van der Waals surface area contributed by atoms with Gasteiger partial charge in [0, 0.05) is 19.1 Å². The van der Waals surface area contributed by atoms with E-state index in [1.54, 1.807) is 4.90 Å². The van der Waals surface area contributed by atoms with Gasteiger partial charge in [-0.15, -0.1) is 0 Å². The fourth-order valence-corrected chi connectivity index (χ4v) is 4.25. The number of rotatable bonds is 7. The molecule has 1 atom stereocenters. The summed E-state index contributed by atoms with van der Waals surface area (Å²) in [5, 5.41) is 3.91. The number of carbonyl (C=O) groups is 1. The summed E-state index contributed by atoms with van der Waals surface area (Å²) in [7, 11) is -3.28. The number of benzene rings is 1. The van der Waals surface area contributed by atoms with Gasteiger partial charge in [0.1, 0.15) is 18.1 Å². The van der Waals surface area contributed by atoms with Crippen molar-refractivity contribution in [2.24, 2.45) is 0 Å². The van der Waals surface area contributed by atoms with Crippen molar-refractivity contribution in [3.8, 4) is 5.75 Å². The first-order valence-corrected chi connectivity index (χ1v) is 11.5. The second-order valence-electron chi connectivity index (χ2n) is 7.48. The van der Waals surface area contributed by atoms with Gasteiger partial charge in [-0.05, 0) is 44.4 Å². The smallest absolute Gasteiger partial charge is 0.227 e. The fourth-order valence-electron chi connectivity index (χ4n) is 3.46. The Morgan fingerprint density at radius 2 is 2.03 bits per heavy atom. The Bertz CT molecular complexity index is 933. The Hall–Kier alpha value is -2.39. The lowest BCUT2D eigenvalue weighted by Gasteiger charge is -2.32. The van der Waals surface area contributed by atoms with Crippen LogP contribution in [-0.4, -0.2) is 49.8 Å². The highest BCUT2D eigenvalue weighted by Gasteiger charge is 2.25. The van der Waals surface area contributed by atoms with Crippen molar-refractivity contribution in [3.63, 3.8) is 0 Å². The number of nitrogens with zero attached hydrogens (tertiary/aromatic N) is 2. The lowest BCUT2D eigenvalue weighted by molar-refractivity contribution is -0.131. The number of hydrogen-bond donors (Lipinski definition) is 1. The summed E-state index contributed by atoms with van der Waals surface area (Å²) in [4.78, 5) is 14.4. The molecule has 1 aliphatic heterocycles. The van der Waals surface area contributed by atoms with E-state index in [4.69, 9.17) is 9.26 Å². The molecule has 158 valence electrons. The van der Waals surface area contributed by atoms with E-state index >= 15 is 0 Å². The topological polar surface area (TPSA) is 102 Å². The average Bonchev–Trinajstić information content (AvgIpc) is 2.98. The SMILES string of the molecule is Cc1noc(C)c1COc1ccc(CC(=O)N2CCCC(NS(C)(=O)=O)C2)cc1. The van der Waals surface area contributed by atoms with E-state index in [1.807, 2.05) is 38.1 Å². The Morgan fingerprint density at radius 3 is 2.66 bits per heavy atom. The summed E-state index contributed by atoms with van der Waals surface area (Å²) in [6.07, 6.45) is 2.94. The molecule has 8 nitrogen and oxygen atoms in total. The normalized spacial score (nSPS) is 17.3. The first kappa shape index (κ1) is 21.3. The molecule has 0 spiro atoms. The van der Waals surface area contributed by atoms with E-state index in [1.165, 1.54) is 0 Å². The van der Waals surface area contributed by atoms with E-state index in [2.05, 4.69) is 9.88 Å². The predicted octanol–water partition coefficient (Wildman–Crippen LogP) is 1.95. The largest absolute Gasteiger partial charge is 0.489 e. The van der Waals surface area contributed by atoms with Crippen LogP contribution in [-0.2, 0) is 27.8 Å². The first-order valence-electron chi connectivity index (χ1n) is 9.60. The molecule has 9 heteroatoms. The van der Waals surface area contributed by atoms with Crippen LogP contribution >= 0.6 is 0 Å². The van der Waals surface area contributed by atoms with Crippen molar-refractivity contribution >= 4 is 15.9 Å². The van der Waals surface area contributed by atoms with Gasteiger partial charge in [0.05, 0.1) is 23.9 Å². The Labute approximate surface area is 171 Å². The zero-order valence-electron chi connectivity index (χ0n) is 17.0. The molecule has 0 aliphatic carbocycles. The summed E-state index contributed by atoms with van der Waals surface area (Å²) in [5.41, 5.74) is 2.64. The second-order valence-corrected chi connectivity index (χ2v) is 9.26. The van der Waals surface area contributed by atoms with Gasteiger partial charge in [-0.3, -0.25) is 4.79 Å². The van der Waals surface area contributed by atoms with Crippen LogP contribution in [0, 0.1) is 13.8 Å². The Kier molecular flexibility index (Phi) is 6.59. The Morgan fingerprint density at radius 1 is 1.31 bits per heavy atom. The van der Waals surface area contributed by atoms with Gasteiger partial charge >= 0.3 is 0 Å². The molecule has 1 saturated heterocycles. The molecule has 1 amide bonds. The molecular formula is C20H27N3O5S. The Balaban J connectivity index is 1.53. The number of aryl methyl sites for hydroxylation is 2. The molecule has 3 rings (SSSR count). The van der Waals surface area contributed by atoms with E-state index < -0.39 is 10.0 Å². The highest BCUT2D eigenvalue weighted by Crippen LogP contribution is 2.19. The third-order valence-electron chi connectivity index (χ3n) is 5.00. The molecule has 0 bridgehead atoms.